The number of rotatable bonds is 5. The smallest absolute Gasteiger partial charge is 0.369 e. The van der Waals surface area contributed by atoms with Gasteiger partial charge in [-0.2, -0.15) is 13.2 Å². The van der Waals surface area contributed by atoms with Gasteiger partial charge in [0, 0.05) is 36.9 Å². The highest BCUT2D eigenvalue weighted by Gasteiger charge is 2.37. The number of benzene rings is 2. The Hall–Kier alpha value is -3.18. The van der Waals surface area contributed by atoms with Crippen LogP contribution in [0.15, 0.2) is 41.2 Å². The van der Waals surface area contributed by atoms with E-state index in [-0.39, 0.29) is 21.8 Å². The molecule has 0 aliphatic carbocycles. The third-order valence-corrected chi connectivity index (χ3v) is 7.53. The van der Waals surface area contributed by atoms with Gasteiger partial charge in [0.05, 0.1) is 15.9 Å². The molecule has 1 N–H and O–H groups in total. The van der Waals surface area contributed by atoms with Crippen molar-refractivity contribution < 1.29 is 22.4 Å². The summed E-state index contributed by atoms with van der Waals surface area (Å²) in [6, 6.07) is 7.34. The molecule has 202 valence electrons. The van der Waals surface area contributed by atoms with Crippen LogP contribution in [0, 0.1) is 5.82 Å². The molecule has 1 aromatic heterocycles. The lowest BCUT2D eigenvalue weighted by atomic mass is 10.1. The maximum atomic E-state index is 13.8. The van der Waals surface area contributed by atoms with Gasteiger partial charge in [-0.3, -0.25) is 19.1 Å². The molecule has 0 spiro atoms. The molecular formula is C26H26ClF4N5O2. The summed E-state index contributed by atoms with van der Waals surface area (Å²) in [5, 5.41) is 1.88. The highest BCUT2D eigenvalue weighted by Crippen LogP contribution is 2.29. The van der Waals surface area contributed by atoms with Crippen LogP contribution in [0.4, 0.5) is 23.2 Å². The van der Waals surface area contributed by atoms with Crippen LogP contribution in [0.25, 0.3) is 22.3 Å². The van der Waals surface area contributed by atoms with Gasteiger partial charge < -0.3 is 10.2 Å². The van der Waals surface area contributed by atoms with Crippen molar-refractivity contribution >= 4 is 34.1 Å². The van der Waals surface area contributed by atoms with E-state index in [1.807, 2.05) is 11.4 Å². The molecule has 7 nitrogen and oxygen atoms in total. The Morgan fingerprint density at radius 1 is 1.18 bits per heavy atom. The minimum Gasteiger partial charge on any atom is -0.369 e. The number of hydrogen-bond acceptors (Lipinski definition) is 5. The van der Waals surface area contributed by atoms with Crippen molar-refractivity contribution in [3.8, 4) is 11.4 Å². The number of hydrogen-bond donors (Lipinski definition) is 1. The lowest BCUT2D eigenvalue weighted by Crippen LogP contribution is -2.50. The van der Waals surface area contributed by atoms with E-state index in [1.54, 1.807) is 12.1 Å². The monoisotopic (exact) mass is 551 g/mol. The van der Waals surface area contributed by atoms with Crippen LogP contribution in [0.2, 0.25) is 5.02 Å². The van der Waals surface area contributed by atoms with Crippen LogP contribution in [0.5, 0.6) is 0 Å². The predicted octanol–water partition coefficient (Wildman–Crippen LogP) is 4.21. The van der Waals surface area contributed by atoms with E-state index in [2.05, 4.69) is 14.8 Å². The molecule has 3 aromatic rings. The molecule has 2 saturated heterocycles. The van der Waals surface area contributed by atoms with Crippen LogP contribution in [-0.2, 0) is 11.3 Å². The number of fused-ring (bicyclic) bond motifs is 2. The van der Waals surface area contributed by atoms with Crippen LogP contribution < -0.4 is 15.8 Å². The summed E-state index contributed by atoms with van der Waals surface area (Å²) >= 11 is 5.94. The highest BCUT2D eigenvalue weighted by molar-refractivity contribution is 6.31. The van der Waals surface area contributed by atoms with E-state index in [4.69, 9.17) is 11.6 Å². The maximum Gasteiger partial charge on any atom is 0.408 e. The molecule has 38 heavy (non-hydrogen) atoms. The standard InChI is InChI=1S/C26H26ClF4N5O2/c1-15(26(29,30)31)32-23(37)14-36-24(16-4-6-21(28)20(27)11-16)33-22-7-5-17(12-19(22)25(36)38)35-10-9-34-8-2-3-18(34)13-35/h4-7,11-12,15,18H,2-3,8-10,13-14H2,1H3,(H,32,37)/t15-,18?/m1/s1. The molecule has 1 unspecified atom stereocenters. The van der Waals surface area contributed by atoms with Gasteiger partial charge in [-0.05, 0) is 62.7 Å². The second-order valence-electron chi connectivity index (χ2n) is 9.77. The molecule has 5 rings (SSSR count). The average molecular weight is 552 g/mol. The molecule has 1 amide bonds. The molecule has 2 aromatic carbocycles. The van der Waals surface area contributed by atoms with Crippen molar-refractivity contribution in [1.82, 2.24) is 19.8 Å². The van der Waals surface area contributed by atoms with Gasteiger partial charge >= 0.3 is 6.18 Å². The minimum atomic E-state index is -4.65. The Labute approximate surface area is 221 Å². The zero-order chi connectivity index (χ0) is 27.2. The number of carbonyl (C=O) groups excluding carboxylic acids is 1. The second-order valence-corrected chi connectivity index (χ2v) is 10.2. The van der Waals surface area contributed by atoms with E-state index in [9.17, 15) is 27.2 Å². The average Bonchev–Trinajstić information content (AvgIpc) is 3.34. The summed E-state index contributed by atoms with van der Waals surface area (Å²) in [6.45, 7) is 3.75. The number of nitrogens with zero attached hydrogens (tertiary/aromatic N) is 4. The summed E-state index contributed by atoms with van der Waals surface area (Å²) in [7, 11) is 0. The maximum absolute atomic E-state index is 13.8. The molecule has 2 atom stereocenters. The molecule has 0 bridgehead atoms. The molecule has 2 fully saturated rings. The zero-order valence-corrected chi connectivity index (χ0v) is 21.3. The predicted molar refractivity (Wildman–Crippen MR) is 137 cm³/mol. The lowest BCUT2D eigenvalue weighted by Gasteiger charge is -2.38. The second kappa shape index (κ2) is 10.2. The summed E-state index contributed by atoms with van der Waals surface area (Å²) in [5.74, 6) is -1.71. The summed E-state index contributed by atoms with van der Waals surface area (Å²) in [5.41, 5.74) is 0.825. The Morgan fingerprint density at radius 2 is 1.97 bits per heavy atom. The van der Waals surface area contributed by atoms with E-state index in [1.165, 1.54) is 12.1 Å². The first-order chi connectivity index (χ1) is 18.0. The SMILES string of the molecule is C[C@@H](NC(=O)Cn1c(-c2ccc(F)c(Cl)c2)nc2ccc(N3CCN4CCCC4C3)cc2c1=O)C(F)(F)F. The van der Waals surface area contributed by atoms with Crippen molar-refractivity contribution in [1.29, 1.82) is 0 Å². The number of piperazine rings is 1. The van der Waals surface area contributed by atoms with E-state index in [0.717, 1.165) is 62.3 Å². The van der Waals surface area contributed by atoms with Gasteiger partial charge in [0.1, 0.15) is 24.2 Å². The van der Waals surface area contributed by atoms with Crippen molar-refractivity contribution in [2.24, 2.45) is 0 Å². The number of halogens is 5. The number of anilines is 1. The number of amides is 1. The van der Waals surface area contributed by atoms with Gasteiger partial charge in [0.15, 0.2) is 0 Å². The number of alkyl halides is 3. The number of nitrogens with one attached hydrogen (secondary N) is 1. The fraction of sp³-hybridized carbons (Fsp3) is 0.423. The molecule has 2 aliphatic rings. The van der Waals surface area contributed by atoms with Crippen molar-refractivity contribution in [3.63, 3.8) is 0 Å². The minimum absolute atomic E-state index is 0.00784. The third-order valence-electron chi connectivity index (χ3n) is 7.24. The van der Waals surface area contributed by atoms with Gasteiger partial charge in [0.2, 0.25) is 5.91 Å². The van der Waals surface area contributed by atoms with Crippen LogP contribution in [-0.4, -0.2) is 64.8 Å². The van der Waals surface area contributed by atoms with Crippen LogP contribution >= 0.6 is 11.6 Å². The van der Waals surface area contributed by atoms with E-state index < -0.39 is 36.0 Å². The van der Waals surface area contributed by atoms with E-state index >= 15 is 0 Å². The number of carbonyl (C=O) groups is 1. The normalized spacial score (nSPS) is 19.0. The molecule has 0 saturated carbocycles. The highest BCUT2D eigenvalue weighted by atomic mass is 35.5. The van der Waals surface area contributed by atoms with E-state index in [0.29, 0.717) is 11.6 Å². The number of aromatic nitrogens is 2. The summed E-state index contributed by atoms with van der Waals surface area (Å²) in [4.78, 5) is 35.5. The van der Waals surface area contributed by atoms with Crippen molar-refractivity contribution in [2.75, 3.05) is 31.1 Å². The van der Waals surface area contributed by atoms with Gasteiger partial charge in [-0.1, -0.05) is 11.6 Å². The van der Waals surface area contributed by atoms with Crippen LogP contribution in [0.1, 0.15) is 19.8 Å². The van der Waals surface area contributed by atoms with Crippen LogP contribution in [0.3, 0.4) is 0 Å². The fourth-order valence-corrected chi connectivity index (χ4v) is 5.33. The Morgan fingerprint density at radius 3 is 2.71 bits per heavy atom. The Kier molecular flexibility index (Phi) is 7.08. The third kappa shape index (κ3) is 5.22. The van der Waals surface area contributed by atoms with Gasteiger partial charge in [-0.25, -0.2) is 9.37 Å². The first-order valence-corrected chi connectivity index (χ1v) is 12.7. The summed E-state index contributed by atoms with van der Waals surface area (Å²) < 4.78 is 53.9. The van der Waals surface area contributed by atoms with Crippen molar-refractivity contribution in [2.45, 2.75) is 44.6 Å². The fourth-order valence-electron chi connectivity index (χ4n) is 5.15. The zero-order valence-electron chi connectivity index (χ0n) is 20.6. The summed E-state index contributed by atoms with van der Waals surface area (Å²) in [6.07, 6.45) is -2.36. The molecule has 2 aliphatic heterocycles. The van der Waals surface area contributed by atoms with Gasteiger partial charge in [0.25, 0.3) is 5.56 Å². The molecular weight excluding hydrogens is 526 g/mol. The molecule has 0 radical (unpaired) electrons. The molecule has 12 heteroatoms. The van der Waals surface area contributed by atoms with Crippen molar-refractivity contribution in [3.05, 3.63) is 57.6 Å². The van der Waals surface area contributed by atoms with Gasteiger partial charge in [-0.15, -0.1) is 0 Å². The first-order valence-electron chi connectivity index (χ1n) is 12.4. The lowest BCUT2D eigenvalue weighted by molar-refractivity contribution is -0.158. The first kappa shape index (κ1) is 26.4. The largest absolute Gasteiger partial charge is 0.408 e. The topological polar surface area (TPSA) is 70.5 Å². The quantitative estimate of drug-likeness (QED) is 0.481. The Balaban J connectivity index is 1.56. The molecule has 3 heterocycles. The Bertz CT molecular complexity index is 1440.